The Morgan fingerprint density at radius 2 is 2.00 bits per heavy atom. The second-order valence-corrected chi connectivity index (χ2v) is 7.23. The van der Waals surface area contributed by atoms with Crippen molar-refractivity contribution in [3.63, 3.8) is 0 Å². The minimum Gasteiger partial charge on any atom is -0.480 e. The maximum Gasteiger partial charge on any atom is 0.234 e. The predicted molar refractivity (Wildman–Crippen MR) is 67.5 cm³/mol. The van der Waals surface area contributed by atoms with Crippen LogP contribution in [-0.2, 0) is 10.8 Å². The first-order valence-electron chi connectivity index (χ1n) is 4.35. The van der Waals surface area contributed by atoms with E-state index in [0.29, 0.717) is 10.9 Å². The number of ether oxygens (including phenoxy) is 1. The maximum absolute atomic E-state index is 12.0. The summed E-state index contributed by atoms with van der Waals surface area (Å²) in [7, 11) is 0.369. The Hall–Kier alpha value is -0.240. The van der Waals surface area contributed by atoms with Crippen LogP contribution in [0, 0.1) is 3.57 Å². The summed E-state index contributed by atoms with van der Waals surface area (Å²) in [6.07, 6.45) is 0. The second-order valence-electron chi connectivity index (χ2n) is 3.92. The Morgan fingerprint density at radius 3 is 2.40 bits per heavy atom. The number of aromatic nitrogens is 2. The van der Waals surface area contributed by atoms with Crippen LogP contribution in [0.2, 0.25) is 0 Å². The summed E-state index contributed by atoms with van der Waals surface area (Å²) >= 11 is 2.09. The standard InChI is InChI=1S/C9H13IN2O2S/c1-9(2,3)15(13)8-6(10)5-7(14-4)11-12-8/h5H,1-4H3. The van der Waals surface area contributed by atoms with Crippen molar-refractivity contribution in [2.24, 2.45) is 0 Å². The Labute approximate surface area is 105 Å². The molecule has 0 amide bonds. The van der Waals surface area contributed by atoms with E-state index in [1.165, 1.54) is 7.11 Å². The first-order chi connectivity index (χ1) is 6.86. The SMILES string of the molecule is COc1cc(I)c(S(=O)C(C)(C)C)nn1. The zero-order valence-electron chi connectivity index (χ0n) is 9.07. The lowest BCUT2D eigenvalue weighted by molar-refractivity contribution is 0.389. The number of nitrogens with zero attached hydrogens (tertiary/aromatic N) is 2. The van der Waals surface area contributed by atoms with Crippen molar-refractivity contribution in [2.75, 3.05) is 7.11 Å². The molecule has 1 aromatic heterocycles. The quantitative estimate of drug-likeness (QED) is 0.773. The van der Waals surface area contributed by atoms with E-state index in [0.717, 1.165) is 3.57 Å². The van der Waals surface area contributed by atoms with Gasteiger partial charge in [0.15, 0.2) is 5.03 Å². The van der Waals surface area contributed by atoms with Gasteiger partial charge in [0.25, 0.3) is 0 Å². The van der Waals surface area contributed by atoms with Gasteiger partial charge in [0.1, 0.15) is 0 Å². The van der Waals surface area contributed by atoms with Crippen LogP contribution in [0.5, 0.6) is 5.88 Å². The number of hydrogen-bond acceptors (Lipinski definition) is 4. The van der Waals surface area contributed by atoms with Gasteiger partial charge in [-0.05, 0) is 43.4 Å². The molecule has 0 bridgehead atoms. The van der Waals surface area contributed by atoms with E-state index in [9.17, 15) is 4.21 Å². The van der Waals surface area contributed by atoms with Gasteiger partial charge in [0.2, 0.25) is 5.88 Å². The summed E-state index contributed by atoms with van der Waals surface area (Å²) in [6, 6.07) is 1.73. The highest BCUT2D eigenvalue weighted by Gasteiger charge is 2.25. The fourth-order valence-electron chi connectivity index (χ4n) is 0.857. The van der Waals surface area contributed by atoms with E-state index >= 15 is 0 Å². The van der Waals surface area contributed by atoms with Crippen LogP contribution in [-0.4, -0.2) is 26.3 Å². The Kier molecular flexibility index (Phi) is 4.05. The van der Waals surface area contributed by atoms with Crippen molar-refractivity contribution < 1.29 is 8.95 Å². The van der Waals surface area contributed by atoms with Gasteiger partial charge in [-0.2, -0.15) is 0 Å². The third-order valence-electron chi connectivity index (χ3n) is 1.63. The first kappa shape index (κ1) is 12.8. The van der Waals surface area contributed by atoms with Crippen molar-refractivity contribution in [1.29, 1.82) is 0 Å². The Morgan fingerprint density at radius 1 is 1.40 bits per heavy atom. The summed E-state index contributed by atoms with van der Waals surface area (Å²) in [4.78, 5) is 0. The van der Waals surface area contributed by atoms with E-state index in [1.807, 2.05) is 20.8 Å². The summed E-state index contributed by atoms with van der Waals surface area (Å²) in [5.41, 5.74) is 0. The molecule has 0 saturated heterocycles. The van der Waals surface area contributed by atoms with Gasteiger partial charge < -0.3 is 4.74 Å². The average molecular weight is 340 g/mol. The second kappa shape index (κ2) is 4.73. The number of halogens is 1. The molecule has 1 aromatic rings. The average Bonchev–Trinajstić information content (AvgIpc) is 2.15. The zero-order valence-corrected chi connectivity index (χ0v) is 12.0. The molecule has 0 aliphatic rings. The van der Waals surface area contributed by atoms with E-state index in [-0.39, 0.29) is 4.75 Å². The van der Waals surface area contributed by atoms with E-state index in [2.05, 4.69) is 32.8 Å². The predicted octanol–water partition coefficient (Wildman–Crippen LogP) is 2.00. The van der Waals surface area contributed by atoms with Crippen LogP contribution in [0.15, 0.2) is 11.1 Å². The molecule has 0 spiro atoms. The minimum atomic E-state index is -1.16. The van der Waals surface area contributed by atoms with E-state index in [4.69, 9.17) is 4.74 Å². The summed E-state index contributed by atoms with van der Waals surface area (Å²) in [5.74, 6) is 0.439. The van der Waals surface area contributed by atoms with Crippen molar-refractivity contribution in [3.05, 3.63) is 9.64 Å². The van der Waals surface area contributed by atoms with Crippen molar-refractivity contribution in [3.8, 4) is 5.88 Å². The fraction of sp³-hybridized carbons (Fsp3) is 0.556. The molecule has 15 heavy (non-hydrogen) atoms. The molecule has 1 heterocycles. The summed E-state index contributed by atoms with van der Waals surface area (Å²) in [6.45, 7) is 5.72. The normalized spacial score (nSPS) is 13.7. The van der Waals surface area contributed by atoms with Crippen LogP contribution < -0.4 is 4.74 Å². The van der Waals surface area contributed by atoms with Gasteiger partial charge in [-0.15, -0.1) is 10.2 Å². The highest BCUT2D eigenvalue weighted by atomic mass is 127. The fourth-order valence-corrected chi connectivity index (χ4v) is 2.76. The lowest BCUT2D eigenvalue weighted by Crippen LogP contribution is -2.23. The smallest absolute Gasteiger partial charge is 0.234 e. The minimum absolute atomic E-state index is 0.330. The third kappa shape index (κ3) is 3.10. The Balaban J connectivity index is 3.12. The molecule has 4 nitrogen and oxygen atoms in total. The largest absolute Gasteiger partial charge is 0.480 e. The van der Waals surface area contributed by atoms with Gasteiger partial charge in [0, 0.05) is 10.8 Å². The number of rotatable bonds is 2. The Bertz CT molecular complexity index is 390. The lowest BCUT2D eigenvalue weighted by atomic mass is 10.3. The molecule has 0 N–H and O–H groups in total. The molecule has 1 unspecified atom stereocenters. The van der Waals surface area contributed by atoms with Crippen LogP contribution in [0.25, 0.3) is 0 Å². The van der Waals surface area contributed by atoms with E-state index < -0.39 is 10.8 Å². The number of hydrogen-bond donors (Lipinski definition) is 0. The van der Waals surface area contributed by atoms with Crippen molar-refractivity contribution in [2.45, 2.75) is 30.5 Å². The highest BCUT2D eigenvalue weighted by molar-refractivity contribution is 14.1. The monoisotopic (exact) mass is 340 g/mol. The molecule has 0 aliphatic carbocycles. The van der Waals surface area contributed by atoms with Crippen LogP contribution >= 0.6 is 22.6 Å². The molecular formula is C9H13IN2O2S. The van der Waals surface area contributed by atoms with E-state index in [1.54, 1.807) is 6.07 Å². The van der Waals surface area contributed by atoms with Gasteiger partial charge >= 0.3 is 0 Å². The molecule has 0 radical (unpaired) electrons. The lowest BCUT2D eigenvalue weighted by Gasteiger charge is -2.17. The molecular weight excluding hydrogens is 327 g/mol. The topological polar surface area (TPSA) is 52.1 Å². The van der Waals surface area contributed by atoms with Gasteiger partial charge in [-0.25, -0.2) is 0 Å². The summed E-state index contributed by atoms with van der Waals surface area (Å²) < 4.78 is 17.5. The van der Waals surface area contributed by atoms with Crippen LogP contribution in [0.3, 0.4) is 0 Å². The molecule has 6 heteroatoms. The summed E-state index contributed by atoms with van der Waals surface area (Å²) in [5, 5.41) is 8.27. The van der Waals surface area contributed by atoms with Crippen molar-refractivity contribution in [1.82, 2.24) is 10.2 Å². The maximum atomic E-state index is 12.0. The van der Waals surface area contributed by atoms with Crippen LogP contribution in [0.4, 0.5) is 0 Å². The first-order valence-corrected chi connectivity index (χ1v) is 6.58. The molecule has 0 fully saturated rings. The highest BCUT2D eigenvalue weighted by Crippen LogP contribution is 2.24. The van der Waals surface area contributed by atoms with Gasteiger partial charge in [-0.3, -0.25) is 4.21 Å². The molecule has 1 atom stereocenters. The third-order valence-corrected chi connectivity index (χ3v) is 4.59. The van der Waals surface area contributed by atoms with Crippen LogP contribution in [0.1, 0.15) is 20.8 Å². The van der Waals surface area contributed by atoms with Gasteiger partial charge in [0.05, 0.1) is 21.5 Å². The van der Waals surface area contributed by atoms with Gasteiger partial charge in [-0.1, -0.05) is 0 Å². The zero-order chi connectivity index (χ0) is 11.6. The number of methoxy groups -OCH3 is 1. The molecule has 1 rings (SSSR count). The molecule has 0 aromatic carbocycles. The molecule has 0 saturated carbocycles. The molecule has 0 aliphatic heterocycles. The van der Waals surface area contributed by atoms with Crippen molar-refractivity contribution >= 4 is 33.4 Å². The molecule has 84 valence electrons.